The molecule has 0 spiro atoms. The lowest BCUT2D eigenvalue weighted by molar-refractivity contribution is -0.348. The summed E-state index contributed by atoms with van der Waals surface area (Å²) < 4.78 is 163. The van der Waals surface area contributed by atoms with E-state index >= 15 is 4.39 Å². The van der Waals surface area contributed by atoms with Crippen LogP contribution in [-0.2, 0) is 11.8 Å². The highest BCUT2D eigenvalue weighted by atomic mass is 19.4. The van der Waals surface area contributed by atoms with E-state index in [2.05, 4.69) is 0 Å². The van der Waals surface area contributed by atoms with Gasteiger partial charge in [0.15, 0.2) is 5.82 Å². The zero-order valence-corrected chi connectivity index (χ0v) is 21.0. The van der Waals surface area contributed by atoms with Gasteiger partial charge in [-0.25, -0.2) is 13.2 Å². The first-order chi connectivity index (χ1) is 19.1. The first-order valence-corrected chi connectivity index (χ1v) is 11.3. The Morgan fingerprint density at radius 2 is 1.33 bits per heavy atom. The number of halogens is 12. The van der Waals surface area contributed by atoms with Gasteiger partial charge >= 0.3 is 24.2 Å². The molecule has 0 atom stereocenters. The summed E-state index contributed by atoms with van der Waals surface area (Å²) in [6, 6.07) is 5.87. The fraction of sp³-hybridized carbons (Fsp3) is 0.231. The molecule has 0 saturated heterocycles. The van der Waals surface area contributed by atoms with Crippen molar-refractivity contribution in [2.24, 2.45) is 0 Å². The third-order valence-electron chi connectivity index (χ3n) is 6.04. The van der Waals surface area contributed by atoms with Crippen molar-refractivity contribution in [1.29, 1.82) is 0 Å². The van der Waals surface area contributed by atoms with Crippen LogP contribution < -0.4 is 10.2 Å². The maximum Gasteiger partial charge on any atom is 0.435 e. The van der Waals surface area contributed by atoms with Crippen LogP contribution in [0, 0.1) is 18.6 Å². The molecule has 2 amide bonds. The second-order valence-electron chi connectivity index (χ2n) is 8.83. The molecule has 0 unspecified atom stereocenters. The van der Waals surface area contributed by atoms with Crippen LogP contribution in [0.25, 0.3) is 0 Å². The predicted molar refractivity (Wildman–Crippen MR) is 125 cm³/mol. The number of nitrogens with one attached hydrogen (secondary N) is 1. The molecule has 16 heteroatoms. The number of rotatable bonds is 5. The smallest absolute Gasteiger partial charge is 0.321 e. The van der Waals surface area contributed by atoms with Crippen molar-refractivity contribution in [2.75, 3.05) is 17.3 Å². The molecule has 0 aliphatic rings. The average Bonchev–Trinajstić information content (AvgIpc) is 2.86. The molecule has 0 saturated carbocycles. The molecule has 4 nitrogen and oxygen atoms in total. The van der Waals surface area contributed by atoms with Gasteiger partial charge in [0.1, 0.15) is 5.82 Å². The van der Waals surface area contributed by atoms with Gasteiger partial charge in [0, 0.05) is 18.2 Å². The maximum absolute atomic E-state index is 15.3. The highest BCUT2D eigenvalue weighted by Gasteiger charge is 2.73. The molecule has 0 fully saturated rings. The molecule has 3 aromatic carbocycles. The molecule has 0 heterocycles. The summed E-state index contributed by atoms with van der Waals surface area (Å²) in [5.74, 6) is -4.67. The van der Waals surface area contributed by atoms with E-state index in [1.165, 1.54) is 0 Å². The van der Waals surface area contributed by atoms with Crippen LogP contribution in [0.5, 0.6) is 0 Å². The Hall–Kier alpha value is -4.24. The normalized spacial score (nSPS) is 12.7. The minimum absolute atomic E-state index is 0.111. The first kappa shape index (κ1) is 32.3. The van der Waals surface area contributed by atoms with Gasteiger partial charge in [-0.05, 0) is 55.0 Å². The van der Waals surface area contributed by atoms with Crippen LogP contribution in [0.2, 0.25) is 0 Å². The van der Waals surface area contributed by atoms with Gasteiger partial charge in [0.25, 0.3) is 11.8 Å². The number of alkyl halides is 10. The van der Waals surface area contributed by atoms with Crippen molar-refractivity contribution in [2.45, 2.75) is 31.1 Å². The third kappa shape index (κ3) is 5.87. The molecule has 0 bridgehead atoms. The van der Waals surface area contributed by atoms with Crippen molar-refractivity contribution in [3.8, 4) is 0 Å². The number of carbonyl (C=O) groups excluding carboxylic acids is 2. The van der Waals surface area contributed by atoms with E-state index in [1.54, 1.807) is 5.32 Å². The Morgan fingerprint density at radius 1 is 0.786 bits per heavy atom. The molecule has 226 valence electrons. The Labute approximate surface area is 228 Å². The quantitative estimate of drug-likeness (QED) is 0.295. The second-order valence-corrected chi connectivity index (χ2v) is 8.83. The number of carbonyl (C=O) groups is 2. The molecule has 0 aliphatic carbocycles. The summed E-state index contributed by atoms with van der Waals surface area (Å²) in [6.45, 7) is 0.573. The second kappa shape index (κ2) is 10.9. The molecule has 42 heavy (non-hydrogen) atoms. The van der Waals surface area contributed by atoms with E-state index in [9.17, 15) is 57.9 Å². The lowest BCUT2D eigenvalue weighted by atomic mass is 9.90. The predicted octanol–water partition coefficient (Wildman–Crippen LogP) is 8.11. The van der Waals surface area contributed by atoms with Gasteiger partial charge in [-0.15, -0.1) is 0 Å². The minimum Gasteiger partial charge on any atom is -0.321 e. The van der Waals surface area contributed by atoms with Crippen LogP contribution in [0.15, 0.2) is 54.6 Å². The van der Waals surface area contributed by atoms with Crippen LogP contribution >= 0.6 is 0 Å². The molecule has 0 aromatic heterocycles. The highest BCUT2D eigenvalue weighted by Crippen LogP contribution is 2.54. The van der Waals surface area contributed by atoms with Crippen molar-refractivity contribution in [3.63, 3.8) is 0 Å². The number of hydrogen-bond acceptors (Lipinski definition) is 2. The summed E-state index contributed by atoms with van der Waals surface area (Å²) in [6.07, 6.45) is -19.2. The van der Waals surface area contributed by atoms with Crippen molar-refractivity contribution < 1.29 is 62.3 Å². The molecule has 0 aliphatic heterocycles. The van der Waals surface area contributed by atoms with E-state index in [0.29, 0.717) is 11.8 Å². The van der Waals surface area contributed by atoms with Crippen LogP contribution in [-0.4, -0.2) is 31.2 Å². The van der Waals surface area contributed by atoms with Gasteiger partial charge in [-0.1, -0.05) is 12.1 Å². The fourth-order valence-corrected chi connectivity index (χ4v) is 3.89. The topological polar surface area (TPSA) is 49.4 Å². The minimum atomic E-state index is -6.72. The molecule has 3 aromatic rings. The van der Waals surface area contributed by atoms with E-state index in [-0.39, 0.29) is 11.6 Å². The van der Waals surface area contributed by atoms with E-state index in [1.807, 2.05) is 0 Å². The van der Waals surface area contributed by atoms with E-state index < -0.39 is 87.3 Å². The number of benzene rings is 3. The number of aryl methyl sites for hydroxylation is 1. The van der Waals surface area contributed by atoms with Crippen molar-refractivity contribution >= 4 is 23.2 Å². The number of nitrogens with zero attached hydrogens (tertiary/aromatic N) is 1. The summed E-state index contributed by atoms with van der Waals surface area (Å²) in [4.78, 5) is 26.2. The zero-order valence-electron chi connectivity index (χ0n) is 21.0. The molecule has 0 radical (unpaired) electrons. The van der Waals surface area contributed by atoms with Crippen LogP contribution in [0.1, 0.15) is 37.4 Å². The number of hydrogen-bond donors (Lipinski definition) is 1. The Kier molecular flexibility index (Phi) is 8.35. The Balaban J connectivity index is 2.07. The van der Waals surface area contributed by atoms with Gasteiger partial charge < -0.3 is 10.2 Å². The fourth-order valence-electron chi connectivity index (χ4n) is 3.89. The third-order valence-corrected chi connectivity index (χ3v) is 6.04. The summed E-state index contributed by atoms with van der Waals surface area (Å²) in [5, 5.41) is 1.60. The first-order valence-electron chi connectivity index (χ1n) is 11.3. The van der Waals surface area contributed by atoms with Crippen LogP contribution in [0.4, 0.5) is 64.1 Å². The summed E-state index contributed by atoms with van der Waals surface area (Å²) in [5.41, 5.74) is -15.0. The monoisotopic (exact) mass is 616 g/mol. The van der Waals surface area contributed by atoms with E-state index in [4.69, 9.17) is 0 Å². The van der Waals surface area contributed by atoms with Gasteiger partial charge in [-0.3, -0.25) is 9.59 Å². The van der Waals surface area contributed by atoms with E-state index in [0.717, 1.165) is 49.5 Å². The largest absolute Gasteiger partial charge is 0.435 e. The Bertz CT molecular complexity index is 1500. The van der Waals surface area contributed by atoms with Gasteiger partial charge in [0.2, 0.25) is 0 Å². The standard InChI is InChI=1S/C26H16F12N2O2/c1-12-10-14(23(29,25(33,34)35)26(36,37)38)11-17(24(30,31)32)20(12)39-21(41)16-4-3-5-18(19(16)28)40(2)22(42)13-6-8-15(27)9-7-13/h3-11H,1-2H3,(H,39,41). The molecule has 1 N–H and O–H groups in total. The van der Waals surface area contributed by atoms with Crippen molar-refractivity contribution in [1.82, 2.24) is 0 Å². The molecular formula is C26H16F12N2O2. The van der Waals surface area contributed by atoms with Crippen LogP contribution in [0.3, 0.4) is 0 Å². The van der Waals surface area contributed by atoms with Crippen molar-refractivity contribution in [3.05, 3.63) is 94.0 Å². The SMILES string of the molecule is Cc1cc(C(F)(C(F)(F)F)C(F)(F)F)cc(C(F)(F)F)c1NC(=O)c1cccc(N(C)C(=O)c2ccc(F)cc2)c1F. The molecular weight excluding hydrogens is 600 g/mol. The van der Waals surface area contributed by atoms with Gasteiger partial charge in [0.05, 0.1) is 22.5 Å². The summed E-state index contributed by atoms with van der Waals surface area (Å²) in [7, 11) is 1.06. The number of anilines is 2. The maximum atomic E-state index is 15.3. The zero-order chi connectivity index (χ0) is 32.0. The Morgan fingerprint density at radius 3 is 1.83 bits per heavy atom. The van der Waals surface area contributed by atoms with Gasteiger partial charge in [-0.2, -0.15) is 39.5 Å². The lowest BCUT2D eigenvalue weighted by Crippen LogP contribution is -2.50. The average molecular weight is 616 g/mol. The highest BCUT2D eigenvalue weighted by molar-refractivity contribution is 6.09. The lowest BCUT2D eigenvalue weighted by Gasteiger charge is -2.31. The number of amides is 2. The summed E-state index contributed by atoms with van der Waals surface area (Å²) >= 11 is 0. The molecule has 3 rings (SSSR count).